The molecule has 3 aliphatic heterocycles. The number of rotatable bonds is 3. The number of pyridine rings is 1. The molecule has 3 saturated heterocycles. The first-order valence-electron chi connectivity index (χ1n) is 7.82. The third kappa shape index (κ3) is 2.23. The van der Waals surface area contributed by atoms with Crippen LogP contribution in [0.5, 0.6) is 0 Å². The Labute approximate surface area is 135 Å². The van der Waals surface area contributed by atoms with E-state index in [-0.39, 0.29) is 11.5 Å². The first kappa shape index (κ1) is 14.4. The fourth-order valence-electron chi connectivity index (χ4n) is 4.54. The zero-order valence-corrected chi connectivity index (χ0v) is 13.3. The van der Waals surface area contributed by atoms with Crippen LogP contribution in [0.4, 0.5) is 0 Å². The summed E-state index contributed by atoms with van der Waals surface area (Å²) in [5.74, 6) is 0.835. The molecular weight excluding hydrogens is 302 g/mol. The Hall–Kier alpha value is -1.17. The van der Waals surface area contributed by atoms with E-state index >= 15 is 0 Å². The van der Waals surface area contributed by atoms with Gasteiger partial charge in [-0.3, -0.25) is 9.78 Å². The molecule has 6 heteroatoms. The lowest BCUT2D eigenvalue weighted by Crippen LogP contribution is -2.41. The molecule has 0 saturated carbocycles. The Balaban J connectivity index is 1.43. The van der Waals surface area contributed by atoms with E-state index in [1.807, 2.05) is 0 Å². The summed E-state index contributed by atoms with van der Waals surface area (Å²) in [5.41, 5.74) is 0.557. The largest absolute Gasteiger partial charge is 0.370 e. The number of hydrogen-bond donors (Lipinski definition) is 1. The second-order valence-corrected chi connectivity index (χ2v) is 7.27. The first-order valence-corrected chi connectivity index (χ1v) is 8.20. The first-order chi connectivity index (χ1) is 10.6. The highest BCUT2D eigenvalue weighted by Gasteiger charge is 2.62. The molecule has 118 valence electrons. The quantitative estimate of drug-likeness (QED) is 0.918. The van der Waals surface area contributed by atoms with Crippen molar-refractivity contribution < 1.29 is 9.53 Å². The lowest BCUT2D eigenvalue weighted by atomic mass is 9.73. The fraction of sp³-hybridized carbons (Fsp3) is 0.625. The molecule has 0 aliphatic carbocycles. The molecule has 5 nitrogen and oxygen atoms in total. The van der Waals surface area contributed by atoms with E-state index in [4.69, 9.17) is 16.3 Å². The van der Waals surface area contributed by atoms with Crippen LogP contribution in [-0.2, 0) is 4.74 Å². The predicted octanol–water partition coefficient (Wildman–Crippen LogP) is 1.57. The molecule has 0 unspecified atom stereocenters. The molecule has 1 spiro atoms. The van der Waals surface area contributed by atoms with Gasteiger partial charge in [-0.2, -0.15) is 0 Å². The van der Waals surface area contributed by atoms with Gasteiger partial charge >= 0.3 is 0 Å². The molecular formula is C16H20ClN3O2. The van der Waals surface area contributed by atoms with Crippen molar-refractivity contribution in [3.8, 4) is 0 Å². The van der Waals surface area contributed by atoms with E-state index in [0.717, 1.165) is 25.9 Å². The second-order valence-electron chi connectivity index (χ2n) is 6.83. The number of hydrogen-bond acceptors (Lipinski definition) is 4. The summed E-state index contributed by atoms with van der Waals surface area (Å²) in [5, 5.41) is 3.52. The van der Waals surface area contributed by atoms with Crippen molar-refractivity contribution in [1.82, 2.24) is 15.2 Å². The van der Waals surface area contributed by atoms with Crippen LogP contribution >= 0.6 is 11.6 Å². The van der Waals surface area contributed by atoms with Gasteiger partial charge in [-0.25, -0.2) is 0 Å². The molecule has 22 heavy (non-hydrogen) atoms. The molecule has 1 N–H and O–H groups in total. The van der Waals surface area contributed by atoms with Gasteiger partial charge in [0.25, 0.3) is 5.91 Å². The van der Waals surface area contributed by atoms with Gasteiger partial charge in [-0.15, -0.1) is 0 Å². The number of nitrogens with zero attached hydrogens (tertiary/aromatic N) is 2. The van der Waals surface area contributed by atoms with Crippen molar-refractivity contribution in [2.45, 2.75) is 24.5 Å². The molecule has 0 aromatic carbocycles. The minimum absolute atomic E-state index is 0.0480. The van der Waals surface area contributed by atoms with Gasteiger partial charge in [0.2, 0.25) is 0 Å². The van der Waals surface area contributed by atoms with E-state index in [1.165, 1.54) is 6.20 Å². The normalized spacial score (nSPS) is 36.5. The van der Waals surface area contributed by atoms with E-state index in [1.54, 1.807) is 12.3 Å². The molecule has 2 bridgehead atoms. The lowest BCUT2D eigenvalue weighted by Gasteiger charge is -2.29. The van der Waals surface area contributed by atoms with E-state index in [2.05, 4.69) is 22.2 Å². The standard InChI is InChI=1S/C16H20ClN3O2/c1-20-8-13-12(14-2-3-16(13,9-20)22-14)7-19-15(21)10-4-11(17)6-18-5-10/h4-6,12-14H,2-3,7-9H2,1H3,(H,19,21)/t12-,13+,14+,16+/m0/s1. The van der Waals surface area contributed by atoms with Gasteiger partial charge < -0.3 is 15.0 Å². The molecule has 3 fully saturated rings. The van der Waals surface area contributed by atoms with Gasteiger partial charge in [-0.05, 0) is 26.0 Å². The molecule has 0 radical (unpaired) electrons. The highest BCUT2D eigenvalue weighted by atomic mass is 35.5. The summed E-state index contributed by atoms with van der Waals surface area (Å²) in [6.45, 7) is 2.75. The number of aromatic nitrogens is 1. The van der Waals surface area contributed by atoms with Crippen LogP contribution in [0.2, 0.25) is 5.02 Å². The van der Waals surface area contributed by atoms with Gasteiger partial charge in [0.1, 0.15) is 0 Å². The third-order valence-electron chi connectivity index (χ3n) is 5.42. The molecule has 1 aromatic rings. The maximum Gasteiger partial charge on any atom is 0.252 e. The Kier molecular flexibility index (Phi) is 3.40. The van der Waals surface area contributed by atoms with Crippen molar-refractivity contribution >= 4 is 17.5 Å². The minimum Gasteiger partial charge on any atom is -0.370 e. The maximum atomic E-state index is 12.3. The molecule has 4 rings (SSSR count). The number of amides is 1. The van der Waals surface area contributed by atoms with Crippen LogP contribution < -0.4 is 5.32 Å². The summed E-state index contributed by atoms with van der Waals surface area (Å²) >= 11 is 5.89. The maximum absolute atomic E-state index is 12.3. The summed E-state index contributed by atoms with van der Waals surface area (Å²) < 4.78 is 6.30. The topological polar surface area (TPSA) is 54.5 Å². The number of fused-ring (bicyclic) bond motifs is 1. The zero-order valence-electron chi connectivity index (χ0n) is 12.6. The van der Waals surface area contributed by atoms with E-state index in [9.17, 15) is 4.79 Å². The van der Waals surface area contributed by atoms with Gasteiger partial charge in [0.05, 0.1) is 22.3 Å². The van der Waals surface area contributed by atoms with Crippen molar-refractivity contribution in [3.63, 3.8) is 0 Å². The number of likely N-dealkylation sites (N-methyl/N-ethyl adjacent to an activating group) is 1. The lowest BCUT2D eigenvalue weighted by molar-refractivity contribution is 0.00472. The average Bonchev–Trinajstić information content (AvgIpc) is 3.11. The van der Waals surface area contributed by atoms with E-state index < -0.39 is 0 Å². The Morgan fingerprint density at radius 2 is 2.45 bits per heavy atom. The summed E-state index contributed by atoms with van der Waals surface area (Å²) in [6, 6.07) is 1.64. The SMILES string of the molecule is CN1C[C@@H]2[C@H](CNC(=O)c3cncc(Cl)c3)[C@H]3CC[C@]2(C1)O3. The average molecular weight is 322 g/mol. The Morgan fingerprint density at radius 1 is 1.59 bits per heavy atom. The molecule has 4 heterocycles. The number of halogens is 1. The highest BCUT2D eigenvalue weighted by molar-refractivity contribution is 6.30. The number of nitrogens with one attached hydrogen (secondary N) is 1. The second kappa shape index (κ2) is 5.18. The van der Waals surface area contributed by atoms with Crippen LogP contribution in [0.15, 0.2) is 18.5 Å². The third-order valence-corrected chi connectivity index (χ3v) is 5.63. The summed E-state index contributed by atoms with van der Waals surface area (Å²) in [4.78, 5) is 18.6. The highest BCUT2D eigenvalue weighted by Crippen LogP contribution is 2.54. The van der Waals surface area contributed by atoms with Crippen LogP contribution in [-0.4, -0.2) is 54.2 Å². The number of carbonyl (C=O) groups is 1. The van der Waals surface area contributed by atoms with Crippen LogP contribution in [0.25, 0.3) is 0 Å². The molecule has 3 aliphatic rings. The number of carbonyl (C=O) groups excluding carboxylic acids is 1. The van der Waals surface area contributed by atoms with Gasteiger partial charge in [0, 0.05) is 43.9 Å². The van der Waals surface area contributed by atoms with Gasteiger partial charge in [-0.1, -0.05) is 11.6 Å². The monoisotopic (exact) mass is 321 g/mol. The van der Waals surface area contributed by atoms with E-state index in [0.29, 0.717) is 35.1 Å². The fourth-order valence-corrected chi connectivity index (χ4v) is 4.72. The minimum atomic E-state index is -0.113. The predicted molar refractivity (Wildman–Crippen MR) is 82.9 cm³/mol. The van der Waals surface area contributed by atoms with Crippen LogP contribution in [0.1, 0.15) is 23.2 Å². The summed E-state index contributed by atoms with van der Waals surface area (Å²) in [7, 11) is 2.15. The molecule has 4 atom stereocenters. The van der Waals surface area contributed by atoms with Crippen LogP contribution in [0.3, 0.4) is 0 Å². The Morgan fingerprint density at radius 3 is 3.27 bits per heavy atom. The van der Waals surface area contributed by atoms with Crippen molar-refractivity contribution in [2.24, 2.45) is 11.8 Å². The molecule has 1 amide bonds. The smallest absolute Gasteiger partial charge is 0.252 e. The number of ether oxygens (including phenoxy) is 1. The molecule has 1 aromatic heterocycles. The Bertz CT molecular complexity index is 611. The number of likely N-dealkylation sites (tertiary alicyclic amines) is 1. The van der Waals surface area contributed by atoms with Crippen LogP contribution in [0, 0.1) is 11.8 Å². The van der Waals surface area contributed by atoms with Gasteiger partial charge in [0.15, 0.2) is 0 Å². The van der Waals surface area contributed by atoms with Crippen molar-refractivity contribution in [1.29, 1.82) is 0 Å². The van der Waals surface area contributed by atoms with Crippen molar-refractivity contribution in [2.75, 3.05) is 26.7 Å². The summed E-state index contributed by atoms with van der Waals surface area (Å²) in [6.07, 6.45) is 5.65. The van der Waals surface area contributed by atoms with Crippen molar-refractivity contribution in [3.05, 3.63) is 29.0 Å². The zero-order chi connectivity index (χ0) is 15.3.